The molecular weight excluding hydrogens is 448 g/mol. The van der Waals surface area contributed by atoms with E-state index in [1.54, 1.807) is 11.7 Å². The first kappa shape index (κ1) is 21.8. The molecule has 0 fully saturated rings. The molecule has 0 bridgehead atoms. The number of para-hydroxylation sites is 1. The standard InChI is InChI=1S/C22H20N4O4S2/c1-25(22(28)18-12-17(32(23,29)30)9-10-19(18)27)13-15-14-26(16-6-3-2-4-7-16)24-21(15)20-8-5-11-31-20/h2-12,14,27H,13H2,1H3,(H2,23,29,30). The second-order valence-electron chi connectivity index (χ2n) is 7.15. The minimum atomic E-state index is -4.02. The molecule has 2 aromatic carbocycles. The Morgan fingerprint density at radius 3 is 2.56 bits per heavy atom. The molecule has 0 atom stereocenters. The van der Waals surface area contributed by atoms with Gasteiger partial charge in [-0.1, -0.05) is 24.3 Å². The van der Waals surface area contributed by atoms with Crippen molar-refractivity contribution in [2.24, 2.45) is 5.14 Å². The predicted molar refractivity (Wildman–Crippen MR) is 122 cm³/mol. The van der Waals surface area contributed by atoms with Gasteiger partial charge in [0, 0.05) is 25.4 Å². The number of phenols is 1. The number of sulfonamides is 1. The van der Waals surface area contributed by atoms with Crippen molar-refractivity contribution in [3.63, 3.8) is 0 Å². The maximum Gasteiger partial charge on any atom is 0.257 e. The largest absolute Gasteiger partial charge is 0.507 e. The Morgan fingerprint density at radius 1 is 1.16 bits per heavy atom. The number of nitrogens with two attached hydrogens (primary N) is 1. The van der Waals surface area contributed by atoms with Crippen molar-refractivity contribution in [1.29, 1.82) is 0 Å². The van der Waals surface area contributed by atoms with Gasteiger partial charge in [0.1, 0.15) is 11.4 Å². The van der Waals surface area contributed by atoms with Crippen molar-refractivity contribution < 1.29 is 18.3 Å². The van der Waals surface area contributed by atoms with E-state index in [-0.39, 0.29) is 22.8 Å². The smallest absolute Gasteiger partial charge is 0.257 e. The third-order valence-corrected chi connectivity index (χ3v) is 6.63. The predicted octanol–water partition coefficient (Wildman–Crippen LogP) is 3.23. The minimum absolute atomic E-state index is 0.146. The van der Waals surface area contributed by atoms with Crippen LogP contribution in [0.1, 0.15) is 15.9 Å². The van der Waals surface area contributed by atoms with Crippen LogP contribution in [0.5, 0.6) is 5.75 Å². The number of aromatic hydroxyl groups is 1. The van der Waals surface area contributed by atoms with Crippen LogP contribution in [0.4, 0.5) is 0 Å². The summed E-state index contributed by atoms with van der Waals surface area (Å²) in [5, 5.41) is 22.0. The summed E-state index contributed by atoms with van der Waals surface area (Å²) < 4.78 is 25.1. The van der Waals surface area contributed by atoms with Crippen LogP contribution in [0.3, 0.4) is 0 Å². The molecule has 10 heteroatoms. The van der Waals surface area contributed by atoms with Crippen LogP contribution in [-0.4, -0.2) is 41.2 Å². The maximum atomic E-state index is 13.0. The summed E-state index contributed by atoms with van der Waals surface area (Å²) in [5.74, 6) is -0.870. The van der Waals surface area contributed by atoms with Gasteiger partial charge in [0.15, 0.2) is 0 Å². The molecule has 0 aliphatic heterocycles. The Labute approximate surface area is 189 Å². The number of carbonyl (C=O) groups excluding carboxylic acids is 1. The highest BCUT2D eigenvalue weighted by Crippen LogP contribution is 2.29. The number of thiophene rings is 1. The quantitative estimate of drug-likeness (QED) is 0.450. The summed E-state index contributed by atoms with van der Waals surface area (Å²) in [6.07, 6.45) is 1.86. The molecule has 0 aliphatic rings. The van der Waals surface area contributed by atoms with E-state index in [4.69, 9.17) is 10.2 Å². The first-order chi connectivity index (χ1) is 15.2. The van der Waals surface area contributed by atoms with Crippen molar-refractivity contribution in [2.75, 3.05) is 7.05 Å². The molecule has 1 amide bonds. The first-order valence-electron chi connectivity index (χ1n) is 9.53. The zero-order chi connectivity index (χ0) is 22.9. The van der Waals surface area contributed by atoms with Crippen molar-refractivity contribution >= 4 is 27.3 Å². The molecule has 3 N–H and O–H groups in total. The first-order valence-corrected chi connectivity index (χ1v) is 12.0. The van der Waals surface area contributed by atoms with Crippen LogP contribution in [-0.2, 0) is 16.6 Å². The highest BCUT2D eigenvalue weighted by Gasteiger charge is 2.22. The number of rotatable bonds is 6. The van der Waals surface area contributed by atoms with Crippen LogP contribution in [0.15, 0.2) is 77.1 Å². The molecule has 4 aromatic rings. The molecule has 4 rings (SSSR count). The lowest BCUT2D eigenvalue weighted by Crippen LogP contribution is -2.26. The minimum Gasteiger partial charge on any atom is -0.507 e. The van der Waals surface area contributed by atoms with Crippen LogP contribution < -0.4 is 5.14 Å². The van der Waals surface area contributed by atoms with Gasteiger partial charge in [0.25, 0.3) is 5.91 Å². The van der Waals surface area contributed by atoms with E-state index in [1.165, 1.54) is 16.2 Å². The summed E-state index contributed by atoms with van der Waals surface area (Å²) in [4.78, 5) is 15.1. The fraction of sp³-hybridized carbons (Fsp3) is 0.0909. The van der Waals surface area contributed by atoms with Crippen LogP contribution in [0.25, 0.3) is 16.3 Å². The summed E-state index contributed by atoms with van der Waals surface area (Å²) in [5.41, 5.74) is 2.27. The number of benzene rings is 2. The second-order valence-corrected chi connectivity index (χ2v) is 9.65. The average Bonchev–Trinajstić information content (AvgIpc) is 3.43. The van der Waals surface area contributed by atoms with Crippen LogP contribution in [0, 0.1) is 0 Å². The van der Waals surface area contributed by atoms with E-state index in [1.807, 2.05) is 54.0 Å². The Hall–Kier alpha value is -3.47. The SMILES string of the molecule is CN(Cc1cn(-c2ccccc2)nc1-c1cccs1)C(=O)c1cc(S(N)(=O)=O)ccc1O. The van der Waals surface area contributed by atoms with Crippen LogP contribution >= 0.6 is 11.3 Å². The number of amides is 1. The zero-order valence-corrected chi connectivity index (χ0v) is 18.7. The molecule has 0 radical (unpaired) electrons. The number of phenolic OH excluding ortho intramolecular Hbond substituents is 1. The molecular formula is C22H20N4O4S2. The summed E-state index contributed by atoms with van der Waals surface area (Å²) in [7, 11) is -2.44. The number of hydrogen-bond donors (Lipinski definition) is 2. The molecule has 0 unspecified atom stereocenters. The molecule has 2 heterocycles. The number of nitrogens with zero attached hydrogens (tertiary/aromatic N) is 3. The molecule has 2 aromatic heterocycles. The van der Waals surface area contributed by atoms with Crippen molar-refractivity contribution in [2.45, 2.75) is 11.4 Å². The summed E-state index contributed by atoms with van der Waals surface area (Å²) in [6, 6.07) is 16.9. The Morgan fingerprint density at radius 2 is 1.91 bits per heavy atom. The Bertz CT molecular complexity index is 1360. The third kappa shape index (κ3) is 4.42. The van der Waals surface area contributed by atoms with Crippen molar-refractivity contribution in [3.05, 3.63) is 83.4 Å². The molecule has 32 heavy (non-hydrogen) atoms. The number of carbonyl (C=O) groups is 1. The zero-order valence-electron chi connectivity index (χ0n) is 17.0. The lowest BCUT2D eigenvalue weighted by atomic mass is 10.1. The Kier molecular flexibility index (Phi) is 5.83. The van der Waals surface area contributed by atoms with Gasteiger partial charge in [0.05, 0.1) is 21.0 Å². The summed E-state index contributed by atoms with van der Waals surface area (Å²) in [6.45, 7) is 0.192. The molecule has 0 saturated heterocycles. The van der Waals surface area contributed by atoms with E-state index in [0.29, 0.717) is 0 Å². The van der Waals surface area contributed by atoms with E-state index < -0.39 is 15.9 Å². The van der Waals surface area contributed by atoms with Crippen molar-refractivity contribution in [1.82, 2.24) is 14.7 Å². The maximum absolute atomic E-state index is 13.0. The van der Waals surface area contributed by atoms with Crippen molar-refractivity contribution in [3.8, 4) is 22.0 Å². The third-order valence-electron chi connectivity index (χ3n) is 4.85. The fourth-order valence-corrected chi connectivity index (χ4v) is 4.54. The van der Waals surface area contributed by atoms with E-state index in [0.717, 1.165) is 40.0 Å². The number of hydrogen-bond acceptors (Lipinski definition) is 6. The lowest BCUT2D eigenvalue weighted by Gasteiger charge is -2.18. The van der Waals surface area contributed by atoms with Gasteiger partial charge in [0.2, 0.25) is 10.0 Å². The lowest BCUT2D eigenvalue weighted by molar-refractivity contribution is 0.0782. The molecule has 164 valence electrons. The van der Waals surface area contributed by atoms with E-state index >= 15 is 0 Å². The highest BCUT2D eigenvalue weighted by atomic mass is 32.2. The molecule has 0 spiro atoms. The molecule has 0 saturated carbocycles. The topological polar surface area (TPSA) is 119 Å². The fourth-order valence-electron chi connectivity index (χ4n) is 3.26. The number of aromatic nitrogens is 2. The average molecular weight is 469 g/mol. The van der Waals surface area contributed by atoms with Gasteiger partial charge in [-0.15, -0.1) is 11.3 Å². The summed E-state index contributed by atoms with van der Waals surface area (Å²) >= 11 is 1.54. The second kappa shape index (κ2) is 8.58. The number of primary sulfonamides is 1. The molecule has 0 aliphatic carbocycles. The van der Waals surface area contributed by atoms with Gasteiger partial charge in [-0.25, -0.2) is 18.2 Å². The van der Waals surface area contributed by atoms with Gasteiger partial charge >= 0.3 is 0 Å². The van der Waals surface area contributed by atoms with Gasteiger partial charge in [-0.05, 0) is 41.8 Å². The Balaban J connectivity index is 1.68. The molecule has 8 nitrogen and oxygen atoms in total. The normalized spacial score (nSPS) is 11.4. The van der Waals surface area contributed by atoms with Gasteiger partial charge < -0.3 is 10.0 Å². The van der Waals surface area contributed by atoms with Gasteiger partial charge in [-0.3, -0.25) is 4.79 Å². The van der Waals surface area contributed by atoms with E-state index in [2.05, 4.69) is 0 Å². The highest BCUT2D eigenvalue weighted by molar-refractivity contribution is 7.89. The monoisotopic (exact) mass is 468 g/mol. The van der Waals surface area contributed by atoms with Crippen LogP contribution in [0.2, 0.25) is 0 Å². The van der Waals surface area contributed by atoms with E-state index in [9.17, 15) is 18.3 Å². The van der Waals surface area contributed by atoms with Gasteiger partial charge in [-0.2, -0.15) is 5.10 Å².